The number of hydrogen-bond acceptors (Lipinski definition) is 3. The second-order valence-corrected chi connectivity index (χ2v) is 6.09. The van der Waals surface area contributed by atoms with Crippen LogP contribution in [-0.4, -0.2) is 43.6 Å². The second kappa shape index (κ2) is 4.19. The molecule has 1 N–H and O–H groups in total. The zero-order chi connectivity index (χ0) is 15.4. The van der Waals surface area contributed by atoms with Gasteiger partial charge in [-0.3, -0.25) is 14.5 Å². The summed E-state index contributed by atoms with van der Waals surface area (Å²) < 4.78 is 7.01. The van der Waals surface area contributed by atoms with Crippen molar-refractivity contribution >= 4 is 19.6 Å². The molecule has 102 valence electrons. The molecule has 3 atom stereocenters. The van der Waals surface area contributed by atoms with Gasteiger partial charge < -0.3 is 5.11 Å². The van der Waals surface area contributed by atoms with Gasteiger partial charge in [-0.2, -0.15) is 0 Å². The average Bonchev–Trinajstić information content (AvgIpc) is 2.84. The molecule has 1 aliphatic carbocycles. The van der Waals surface area contributed by atoms with Gasteiger partial charge in [-0.15, -0.1) is 0 Å². The molecule has 5 heteroatoms. The summed E-state index contributed by atoms with van der Waals surface area (Å²) in [5.74, 6) is -1.55. The number of imide groups is 1. The third-order valence-corrected chi connectivity index (χ3v) is 4.81. The molecule has 2 amide bonds. The van der Waals surface area contributed by atoms with E-state index in [0.717, 1.165) is 16.0 Å². The maximum Gasteiger partial charge on any atom is 0.233 e. The summed E-state index contributed by atoms with van der Waals surface area (Å²) >= 11 is 0. The number of likely N-dealkylation sites (tertiary alicyclic amines) is 1. The summed E-state index contributed by atoms with van der Waals surface area (Å²) in [5.41, 5.74) is 1.79. The van der Waals surface area contributed by atoms with E-state index in [1.807, 2.05) is 38.1 Å². The van der Waals surface area contributed by atoms with Gasteiger partial charge in [0.05, 0.1) is 18.6 Å². The maximum absolute atomic E-state index is 12.7. The topological polar surface area (TPSA) is 57.6 Å². The number of aliphatic hydroxyl groups excluding tert-OH is 1. The molecule has 1 saturated heterocycles. The van der Waals surface area contributed by atoms with Crippen molar-refractivity contribution in [2.24, 2.45) is 5.92 Å². The van der Waals surface area contributed by atoms with Crippen LogP contribution in [0.4, 0.5) is 4.79 Å². The van der Waals surface area contributed by atoms with Crippen LogP contribution in [0.15, 0.2) is 24.3 Å². The van der Waals surface area contributed by atoms with Crippen molar-refractivity contribution in [1.29, 1.82) is 1.43 Å². The standard InChI is InChI=1S/C15H16BNO3/c1-15(2)9-6-4-3-5-8(9)11-10(7-18)17(14(16)20)13(19)12(11)15/h3-6,10-12,18H,7H2,1-2H3/t10-,11?,12?/m1/s1/i18T. The normalized spacial score (nSPS) is 30.9. The van der Waals surface area contributed by atoms with Crippen molar-refractivity contribution in [2.45, 2.75) is 31.2 Å². The second-order valence-electron chi connectivity index (χ2n) is 6.09. The molecule has 1 aromatic carbocycles. The molecule has 1 aromatic rings. The van der Waals surface area contributed by atoms with Crippen molar-refractivity contribution in [2.75, 3.05) is 6.61 Å². The lowest BCUT2D eigenvalue weighted by Crippen LogP contribution is -2.43. The molecule has 2 unspecified atom stereocenters. The Morgan fingerprint density at radius 3 is 2.85 bits per heavy atom. The molecule has 1 fully saturated rings. The highest BCUT2D eigenvalue weighted by molar-refractivity contribution is 6.58. The Hall–Kier alpha value is -1.62. The van der Waals surface area contributed by atoms with Crippen LogP contribution in [0.1, 0.15) is 30.9 Å². The summed E-state index contributed by atoms with van der Waals surface area (Å²) in [7, 11) is 5.37. The quantitative estimate of drug-likeness (QED) is 0.821. The third kappa shape index (κ3) is 1.47. The Balaban J connectivity index is 2.16. The van der Waals surface area contributed by atoms with Crippen LogP contribution >= 0.6 is 0 Å². The van der Waals surface area contributed by atoms with E-state index in [2.05, 4.69) is 5.11 Å². The molecule has 2 aliphatic rings. The Morgan fingerprint density at radius 1 is 1.50 bits per heavy atom. The van der Waals surface area contributed by atoms with Crippen LogP contribution in [0.2, 0.25) is 0 Å². The Labute approximate surface area is 120 Å². The van der Waals surface area contributed by atoms with Gasteiger partial charge in [-0.25, -0.2) is 0 Å². The fourth-order valence-electron chi connectivity index (χ4n) is 3.99. The first-order valence-corrected chi connectivity index (χ1v) is 6.71. The van der Waals surface area contributed by atoms with E-state index in [4.69, 9.17) is 9.28 Å². The molecular formula is C15H16BNO3. The van der Waals surface area contributed by atoms with Crippen LogP contribution in [0.25, 0.3) is 0 Å². The highest BCUT2D eigenvalue weighted by atomic mass is 16.3. The summed E-state index contributed by atoms with van der Waals surface area (Å²) in [4.78, 5) is 25.4. The lowest BCUT2D eigenvalue weighted by molar-refractivity contribution is -0.130. The van der Waals surface area contributed by atoms with E-state index in [9.17, 15) is 9.59 Å². The van der Waals surface area contributed by atoms with Gasteiger partial charge in [0.25, 0.3) is 0 Å². The van der Waals surface area contributed by atoms with Gasteiger partial charge in [0.2, 0.25) is 15.2 Å². The van der Waals surface area contributed by atoms with Crippen LogP contribution in [0.5, 0.6) is 0 Å². The van der Waals surface area contributed by atoms with Crippen LogP contribution in [0.3, 0.4) is 0 Å². The minimum absolute atomic E-state index is 0.0275. The van der Waals surface area contributed by atoms with Crippen molar-refractivity contribution < 1.29 is 14.7 Å². The Morgan fingerprint density at radius 2 is 2.20 bits per heavy atom. The SMILES string of the molecule is [3H]OC[C@@H]1C2c3ccccc3C(C)(C)C2C(=O)N1C([B])=O. The average molecular weight is 271 g/mol. The van der Waals surface area contributed by atoms with Crippen LogP contribution < -0.4 is 0 Å². The van der Waals surface area contributed by atoms with E-state index in [1.165, 1.54) is 0 Å². The highest BCUT2D eigenvalue weighted by Gasteiger charge is 2.60. The van der Waals surface area contributed by atoms with Crippen LogP contribution in [-0.2, 0) is 10.2 Å². The Kier molecular flexibility index (Phi) is 2.54. The van der Waals surface area contributed by atoms with Crippen molar-refractivity contribution in [3.05, 3.63) is 35.4 Å². The summed E-state index contributed by atoms with van der Waals surface area (Å²) in [5, 5.41) is 4.49. The van der Waals surface area contributed by atoms with Crippen molar-refractivity contribution in [3.8, 4) is 0 Å². The lowest BCUT2D eigenvalue weighted by Gasteiger charge is -2.27. The van der Waals surface area contributed by atoms with Gasteiger partial charge in [0.1, 0.15) is 0 Å². The van der Waals surface area contributed by atoms with E-state index in [0.29, 0.717) is 0 Å². The van der Waals surface area contributed by atoms with E-state index in [1.54, 1.807) is 0 Å². The van der Waals surface area contributed by atoms with Gasteiger partial charge in [0.15, 0.2) is 5.81 Å². The molecule has 0 saturated carbocycles. The predicted molar refractivity (Wildman–Crippen MR) is 74.6 cm³/mol. The number of amides is 2. The number of nitrogens with zero attached hydrogens (tertiary/aromatic N) is 1. The largest absolute Gasteiger partial charge is 0.394 e. The van der Waals surface area contributed by atoms with Gasteiger partial charge in [-0.05, 0) is 11.1 Å². The fraction of sp³-hybridized carbons (Fsp3) is 0.467. The number of benzene rings is 1. The molecule has 4 nitrogen and oxygen atoms in total. The first-order chi connectivity index (χ1) is 9.91. The van der Waals surface area contributed by atoms with Crippen molar-refractivity contribution in [1.82, 2.24) is 4.90 Å². The number of fused-ring (bicyclic) bond motifs is 3. The zero-order valence-corrected chi connectivity index (χ0v) is 11.5. The molecule has 1 heterocycles. The number of aliphatic hydroxyl groups is 1. The predicted octanol–water partition coefficient (Wildman–Crippen LogP) is 1.17. The van der Waals surface area contributed by atoms with E-state index < -0.39 is 11.8 Å². The molecule has 2 radical (unpaired) electrons. The molecule has 0 bridgehead atoms. The number of rotatable bonds is 2. The molecule has 1 aliphatic heterocycles. The highest BCUT2D eigenvalue weighted by Crippen LogP contribution is 2.56. The maximum atomic E-state index is 12.7. The molecule has 0 spiro atoms. The lowest BCUT2D eigenvalue weighted by atomic mass is 9.76. The number of carbonyl (C=O) groups excluding carboxylic acids is 2. The van der Waals surface area contributed by atoms with Gasteiger partial charge in [-0.1, -0.05) is 38.1 Å². The zero-order valence-electron chi connectivity index (χ0n) is 12.5. The first-order valence-electron chi connectivity index (χ1n) is 7.12. The summed E-state index contributed by atoms with van der Waals surface area (Å²) in [6.07, 6.45) is 0. The van der Waals surface area contributed by atoms with E-state index in [-0.39, 0.29) is 29.8 Å². The third-order valence-electron chi connectivity index (χ3n) is 4.81. The monoisotopic (exact) mass is 271 g/mol. The molecule has 3 rings (SSSR count). The molecule has 0 aromatic heterocycles. The Bertz CT molecular complexity index is 619. The minimum atomic E-state index is -0.773. The summed E-state index contributed by atoms with van der Waals surface area (Å²) in [6, 6.07) is 7.37. The first kappa shape index (κ1) is 12.2. The van der Waals surface area contributed by atoms with E-state index >= 15 is 0 Å². The smallest absolute Gasteiger partial charge is 0.233 e. The molecular weight excluding hydrogens is 253 g/mol. The number of hydrogen-bond donors (Lipinski definition) is 1. The van der Waals surface area contributed by atoms with Crippen molar-refractivity contribution in [3.63, 3.8) is 0 Å². The fourth-order valence-corrected chi connectivity index (χ4v) is 3.99. The minimum Gasteiger partial charge on any atom is -0.394 e. The van der Waals surface area contributed by atoms with Gasteiger partial charge >= 0.3 is 0 Å². The molecule has 20 heavy (non-hydrogen) atoms. The summed E-state index contributed by atoms with van der Waals surface area (Å²) in [6.45, 7) is 4.00. The van der Waals surface area contributed by atoms with Crippen LogP contribution in [0, 0.1) is 5.92 Å². The number of carbonyl (C=O) groups is 2. The van der Waals surface area contributed by atoms with Gasteiger partial charge in [0, 0.05) is 11.3 Å².